The van der Waals surface area contributed by atoms with Gasteiger partial charge in [-0.25, -0.2) is 19.3 Å². The Bertz CT molecular complexity index is 1130. The molecule has 132 valence electrons. The minimum absolute atomic E-state index is 0.239. The number of fused-ring (bicyclic) bond motifs is 2. The molecule has 1 atom stereocenters. The minimum Gasteiger partial charge on any atom is -0.361 e. The van der Waals surface area contributed by atoms with E-state index in [1.807, 2.05) is 6.07 Å². The van der Waals surface area contributed by atoms with Gasteiger partial charge in [-0.15, -0.1) is 5.10 Å². The second-order valence-corrected chi connectivity index (χ2v) is 6.65. The van der Waals surface area contributed by atoms with E-state index in [9.17, 15) is 4.79 Å². The summed E-state index contributed by atoms with van der Waals surface area (Å²) >= 11 is 0. The highest BCUT2D eigenvalue weighted by atomic mass is 16.1. The molecule has 4 heterocycles. The number of nitrogens with one attached hydrogen (secondary N) is 3. The predicted octanol–water partition coefficient (Wildman–Crippen LogP) is 1.27. The van der Waals surface area contributed by atoms with Gasteiger partial charge in [0.25, 0.3) is 0 Å². The molecule has 0 aliphatic carbocycles. The molecular formula is C18H19N7O. The van der Waals surface area contributed by atoms with Crippen LogP contribution in [-0.4, -0.2) is 43.7 Å². The summed E-state index contributed by atoms with van der Waals surface area (Å²) in [7, 11) is 0. The van der Waals surface area contributed by atoms with Crippen LogP contribution >= 0.6 is 0 Å². The van der Waals surface area contributed by atoms with Crippen LogP contribution in [0.2, 0.25) is 0 Å². The van der Waals surface area contributed by atoms with Gasteiger partial charge in [0.2, 0.25) is 5.65 Å². The first-order chi connectivity index (χ1) is 12.8. The summed E-state index contributed by atoms with van der Waals surface area (Å²) in [5.41, 5.74) is 2.78. The van der Waals surface area contributed by atoms with Gasteiger partial charge in [0, 0.05) is 55.2 Å². The number of aromatic amines is 2. The van der Waals surface area contributed by atoms with E-state index in [1.165, 1.54) is 15.4 Å². The van der Waals surface area contributed by atoms with E-state index in [1.54, 1.807) is 12.4 Å². The fourth-order valence-corrected chi connectivity index (χ4v) is 3.70. The summed E-state index contributed by atoms with van der Waals surface area (Å²) < 4.78 is 1.50. The topological polar surface area (TPSA) is 94.1 Å². The quantitative estimate of drug-likeness (QED) is 0.516. The van der Waals surface area contributed by atoms with Crippen molar-refractivity contribution in [2.75, 3.05) is 18.0 Å². The fourth-order valence-electron chi connectivity index (χ4n) is 3.70. The first-order valence-electron chi connectivity index (χ1n) is 8.74. The molecule has 26 heavy (non-hydrogen) atoms. The number of aromatic nitrogens is 5. The number of hydrogen-bond acceptors (Lipinski definition) is 5. The molecule has 1 unspecified atom stereocenters. The molecule has 1 aliphatic heterocycles. The molecule has 1 fully saturated rings. The van der Waals surface area contributed by atoms with E-state index in [2.05, 4.69) is 54.8 Å². The Kier molecular flexibility index (Phi) is 3.49. The molecule has 0 bridgehead atoms. The molecule has 0 radical (unpaired) electrons. The van der Waals surface area contributed by atoms with E-state index >= 15 is 0 Å². The summed E-state index contributed by atoms with van der Waals surface area (Å²) in [6.45, 7) is 2.55. The Morgan fingerprint density at radius 3 is 3.19 bits per heavy atom. The van der Waals surface area contributed by atoms with Crippen LogP contribution in [0.15, 0.2) is 47.7 Å². The smallest absolute Gasteiger partial charge is 0.347 e. The Morgan fingerprint density at radius 1 is 1.31 bits per heavy atom. The first kappa shape index (κ1) is 15.2. The number of hydrogen-bond donors (Lipinski definition) is 3. The van der Waals surface area contributed by atoms with Gasteiger partial charge in [0.15, 0.2) is 5.82 Å². The highest BCUT2D eigenvalue weighted by Gasteiger charge is 2.25. The maximum Gasteiger partial charge on any atom is 0.347 e. The number of anilines is 1. The molecule has 1 saturated heterocycles. The van der Waals surface area contributed by atoms with Gasteiger partial charge in [0.05, 0.1) is 0 Å². The lowest BCUT2D eigenvalue weighted by atomic mass is 10.1. The van der Waals surface area contributed by atoms with Crippen LogP contribution in [0, 0.1) is 0 Å². The third-order valence-electron chi connectivity index (χ3n) is 5.06. The normalized spacial score (nSPS) is 17.5. The lowest BCUT2D eigenvalue weighted by Crippen LogP contribution is -2.32. The van der Waals surface area contributed by atoms with Crippen LogP contribution in [-0.2, 0) is 6.54 Å². The molecule has 0 amide bonds. The van der Waals surface area contributed by atoms with Crippen LogP contribution in [0.3, 0.4) is 0 Å². The monoisotopic (exact) mass is 349 g/mol. The molecule has 8 heteroatoms. The van der Waals surface area contributed by atoms with Crippen LogP contribution in [0.1, 0.15) is 12.0 Å². The fraction of sp³-hybridized carbons (Fsp3) is 0.278. The minimum atomic E-state index is -0.239. The van der Waals surface area contributed by atoms with E-state index in [-0.39, 0.29) is 5.69 Å². The molecule has 3 N–H and O–H groups in total. The van der Waals surface area contributed by atoms with Crippen molar-refractivity contribution in [2.45, 2.75) is 19.0 Å². The number of para-hydroxylation sites is 1. The summed E-state index contributed by atoms with van der Waals surface area (Å²) in [6, 6.07) is 8.71. The molecule has 3 aromatic heterocycles. The maximum atomic E-state index is 11.7. The van der Waals surface area contributed by atoms with Gasteiger partial charge in [-0.3, -0.25) is 0 Å². The van der Waals surface area contributed by atoms with Gasteiger partial charge in [-0.05, 0) is 18.1 Å². The predicted molar refractivity (Wildman–Crippen MR) is 99.4 cm³/mol. The van der Waals surface area contributed by atoms with Crippen molar-refractivity contribution in [1.29, 1.82) is 0 Å². The van der Waals surface area contributed by atoms with Gasteiger partial charge >= 0.3 is 5.69 Å². The lowest BCUT2D eigenvalue weighted by molar-refractivity contribution is 0.552. The molecule has 4 aromatic rings. The number of H-pyrrole nitrogens is 2. The molecule has 0 saturated carbocycles. The Balaban J connectivity index is 1.30. The van der Waals surface area contributed by atoms with Crippen LogP contribution in [0.5, 0.6) is 0 Å². The summed E-state index contributed by atoms with van der Waals surface area (Å²) in [6.07, 6.45) is 6.38. The number of nitrogens with zero attached hydrogens (tertiary/aromatic N) is 4. The van der Waals surface area contributed by atoms with Crippen molar-refractivity contribution in [1.82, 2.24) is 29.9 Å². The Hall–Kier alpha value is -3.13. The second kappa shape index (κ2) is 5.99. The Labute approximate surface area is 148 Å². The van der Waals surface area contributed by atoms with E-state index in [0.29, 0.717) is 11.7 Å². The van der Waals surface area contributed by atoms with E-state index in [4.69, 9.17) is 0 Å². The van der Waals surface area contributed by atoms with Crippen molar-refractivity contribution in [3.8, 4) is 0 Å². The zero-order chi connectivity index (χ0) is 17.5. The van der Waals surface area contributed by atoms with Gasteiger partial charge in [-0.1, -0.05) is 18.2 Å². The zero-order valence-electron chi connectivity index (χ0n) is 14.1. The number of benzene rings is 1. The first-order valence-corrected chi connectivity index (χ1v) is 8.74. The third kappa shape index (κ3) is 2.46. The second-order valence-electron chi connectivity index (χ2n) is 6.65. The van der Waals surface area contributed by atoms with Crippen molar-refractivity contribution >= 4 is 22.4 Å². The van der Waals surface area contributed by atoms with Gasteiger partial charge in [0.1, 0.15) is 0 Å². The van der Waals surface area contributed by atoms with Crippen LogP contribution in [0.25, 0.3) is 16.6 Å². The van der Waals surface area contributed by atoms with Gasteiger partial charge < -0.3 is 15.2 Å². The SMILES string of the molecule is O=c1[nH]nc2c(N3CCC(NCc4c[nH]c5ccccc45)C3)nccn12. The van der Waals surface area contributed by atoms with Crippen molar-refractivity contribution < 1.29 is 0 Å². The Morgan fingerprint density at radius 2 is 2.23 bits per heavy atom. The van der Waals surface area contributed by atoms with E-state index < -0.39 is 0 Å². The molecule has 0 spiro atoms. The van der Waals surface area contributed by atoms with Crippen molar-refractivity contribution in [3.63, 3.8) is 0 Å². The molecule has 8 nitrogen and oxygen atoms in total. The standard InChI is InChI=1S/C18H19N7O/c26-18-23-22-17-16(19-6-8-25(17)18)24-7-5-13(11-24)20-9-12-10-21-15-4-2-1-3-14(12)15/h1-4,6,8,10,13,20-21H,5,7,9,11H2,(H,23,26). The molecule has 1 aromatic carbocycles. The molecular weight excluding hydrogens is 330 g/mol. The van der Waals surface area contributed by atoms with E-state index in [0.717, 1.165) is 37.4 Å². The zero-order valence-corrected chi connectivity index (χ0v) is 14.1. The average Bonchev–Trinajstić information content (AvgIpc) is 3.39. The largest absolute Gasteiger partial charge is 0.361 e. The average molecular weight is 349 g/mol. The van der Waals surface area contributed by atoms with Crippen LogP contribution in [0.4, 0.5) is 5.82 Å². The maximum absolute atomic E-state index is 11.7. The third-order valence-corrected chi connectivity index (χ3v) is 5.06. The summed E-state index contributed by atoms with van der Waals surface area (Å²) in [4.78, 5) is 21.7. The number of rotatable bonds is 4. The van der Waals surface area contributed by atoms with Crippen LogP contribution < -0.4 is 15.9 Å². The van der Waals surface area contributed by atoms with Gasteiger partial charge in [-0.2, -0.15) is 0 Å². The van der Waals surface area contributed by atoms with Crippen molar-refractivity contribution in [3.05, 3.63) is 58.9 Å². The van der Waals surface area contributed by atoms with Crippen molar-refractivity contribution in [2.24, 2.45) is 0 Å². The molecule has 1 aliphatic rings. The summed E-state index contributed by atoms with van der Waals surface area (Å²) in [5.74, 6) is 0.752. The summed E-state index contributed by atoms with van der Waals surface area (Å²) in [5, 5.41) is 11.5. The molecule has 5 rings (SSSR count). The highest BCUT2D eigenvalue weighted by molar-refractivity contribution is 5.82. The lowest BCUT2D eigenvalue weighted by Gasteiger charge is -2.18. The highest BCUT2D eigenvalue weighted by Crippen LogP contribution is 2.22.